The van der Waals surface area contributed by atoms with Crippen LogP contribution in [0.5, 0.6) is 0 Å². The molecule has 0 aliphatic heterocycles. The number of carbonyl (C=O) groups excluding carboxylic acids is 2. The topological polar surface area (TPSA) is 34.1 Å². The molecule has 0 saturated heterocycles. The van der Waals surface area contributed by atoms with Crippen molar-refractivity contribution in [1.29, 1.82) is 0 Å². The van der Waals surface area contributed by atoms with Crippen molar-refractivity contribution < 1.29 is 9.59 Å². The molecule has 0 aromatic rings. The Morgan fingerprint density at radius 1 is 0.955 bits per heavy atom. The van der Waals surface area contributed by atoms with Crippen molar-refractivity contribution in [2.24, 2.45) is 34.5 Å². The molecule has 0 amide bonds. The second-order valence-corrected chi connectivity index (χ2v) is 9.89. The smallest absolute Gasteiger partial charge is 0.147 e. The average molecular weight is 367 g/mol. The first-order valence-electron chi connectivity index (χ1n) is 9.05. The van der Waals surface area contributed by atoms with Crippen LogP contribution in [0.2, 0.25) is 0 Å². The summed E-state index contributed by atoms with van der Waals surface area (Å²) in [6.07, 6.45) is 8.37. The molecule has 7 atom stereocenters. The Balaban J connectivity index is 1.66. The minimum Gasteiger partial charge on any atom is -0.300 e. The molecule has 0 heterocycles. The number of hydrogen-bond acceptors (Lipinski definition) is 2. The Morgan fingerprint density at radius 2 is 1.73 bits per heavy atom. The monoisotopic (exact) mass is 366 g/mol. The van der Waals surface area contributed by atoms with Crippen molar-refractivity contribution in [1.82, 2.24) is 0 Å². The summed E-state index contributed by atoms with van der Waals surface area (Å²) in [6, 6.07) is 0. The van der Waals surface area contributed by atoms with Crippen LogP contribution in [0.1, 0.15) is 65.2 Å². The van der Waals surface area contributed by atoms with Gasteiger partial charge in [-0.25, -0.2) is 0 Å². The van der Waals surface area contributed by atoms with Gasteiger partial charge >= 0.3 is 0 Å². The van der Waals surface area contributed by atoms with Gasteiger partial charge in [-0.1, -0.05) is 29.8 Å². The first-order valence-corrected chi connectivity index (χ1v) is 9.96. The maximum Gasteiger partial charge on any atom is 0.147 e. The highest BCUT2D eigenvalue weighted by Gasteiger charge is 2.61. The van der Waals surface area contributed by atoms with Crippen LogP contribution < -0.4 is 0 Å². The molecule has 0 spiro atoms. The van der Waals surface area contributed by atoms with Gasteiger partial charge in [0.2, 0.25) is 0 Å². The fraction of sp³-hybridized carbons (Fsp3) is 0.895. The Hall–Kier alpha value is -0.180. The summed E-state index contributed by atoms with van der Waals surface area (Å²) >= 11 is 3.71. The minimum absolute atomic E-state index is 0.0735. The van der Waals surface area contributed by atoms with Crippen molar-refractivity contribution in [2.75, 3.05) is 0 Å². The van der Waals surface area contributed by atoms with Gasteiger partial charge in [-0.15, -0.1) is 0 Å². The van der Waals surface area contributed by atoms with Crippen molar-refractivity contribution >= 4 is 27.5 Å². The predicted octanol–water partition coefficient (Wildman–Crippen LogP) is 4.54. The average Bonchev–Trinajstić information content (AvgIpc) is 2.72. The third kappa shape index (κ3) is 1.90. The highest BCUT2D eigenvalue weighted by atomic mass is 79.9. The largest absolute Gasteiger partial charge is 0.300 e. The Morgan fingerprint density at radius 3 is 2.50 bits per heavy atom. The number of fused-ring (bicyclic) bond motifs is 5. The van der Waals surface area contributed by atoms with Crippen LogP contribution in [0.3, 0.4) is 0 Å². The van der Waals surface area contributed by atoms with E-state index < -0.39 is 0 Å². The fourth-order valence-electron chi connectivity index (χ4n) is 6.78. The van der Waals surface area contributed by atoms with Crippen molar-refractivity contribution in [3.8, 4) is 0 Å². The molecule has 0 aromatic heterocycles. The summed E-state index contributed by atoms with van der Waals surface area (Å²) in [5.41, 5.74) is 0.525. The lowest BCUT2D eigenvalue weighted by atomic mass is 9.45. The normalized spacial score (nSPS) is 54.6. The van der Waals surface area contributed by atoms with Crippen LogP contribution >= 0.6 is 15.9 Å². The highest BCUT2D eigenvalue weighted by molar-refractivity contribution is 9.10. The van der Waals surface area contributed by atoms with E-state index in [2.05, 4.69) is 29.8 Å². The van der Waals surface area contributed by atoms with Crippen LogP contribution in [0, 0.1) is 34.5 Å². The van der Waals surface area contributed by atoms with Crippen molar-refractivity contribution in [3.63, 3.8) is 0 Å². The lowest BCUT2D eigenvalue weighted by molar-refractivity contribution is -0.137. The lowest BCUT2D eigenvalue weighted by Crippen LogP contribution is -2.53. The standard InChI is InChI=1S/C19H27BrO2/c1-18-7-5-12(21)9-11(18)3-4-13-14(18)6-8-19(2)15(13)10-16(22)17(19)20/h11,13-15,17H,3-10H2,1-2H3/t11?,13?,14?,15?,17?,18-,19-/m0/s1. The SMILES string of the molecule is C[C@]12CCC(=O)CC1CCC1C2CC[C@]2(C)C(Br)C(=O)CC12. The van der Waals surface area contributed by atoms with E-state index in [9.17, 15) is 9.59 Å². The number of halogens is 1. The predicted molar refractivity (Wildman–Crippen MR) is 89.8 cm³/mol. The molecule has 4 fully saturated rings. The van der Waals surface area contributed by atoms with E-state index in [4.69, 9.17) is 0 Å². The quantitative estimate of drug-likeness (QED) is 0.589. The highest BCUT2D eigenvalue weighted by Crippen LogP contribution is 2.66. The summed E-state index contributed by atoms with van der Waals surface area (Å²) in [5.74, 6) is 3.54. The molecular formula is C19H27BrO2. The van der Waals surface area contributed by atoms with E-state index in [1.165, 1.54) is 25.7 Å². The van der Waals surface area contributed by atoms with E-state index in [-0.39, 0.29) is 10.2 Å². The van der Waals surface area contributed by atoms with Crippen LogP contribution in [0.15, 0.2) is 0 Å². The van der Waals surface area contributed by atoms with E-state index in [0.29, 0.717) is 34.7 Å². The maximum atomic E-state index is 12.3. The summed E-state index contributed by atoms with van der Waals surface area (Å²) in [4.78, 5) is 24.3. The van der Waals surface area contributed by atoms with E-state index in [0.717, 1.165) is 31.6 Å². The van der Waals surface area contributed by atoms with E-state index in [1.807, 2.05) is 0 Å². The molecule has 3 heteroatoms. The molecule has 0 N–H and O–H groups in total. The number of hydrogen-bond donors (Lipinski definition) is 0. The summed E-state index contributed by atoms with van der Waals surface area (Å²) in [6.45, 7) is 4.81. The number of alkyl halides is 1. The molecule has 122 valence electrons. The second kappa shape index (κ2) is 4.91. The summed E-state index contributed by atoms with van der Waals surface area (Å²) in [5, 5.41) is 0. The lowest BCUT2D eigenvalue weighted by Gasteiger charge is -2.59. The molecule has 4 rings (SSSR count). The van der Waals surface area contributed by atoms with Crippen LogP contribution in [-0.4, -0.2) is 16.4 Å². The summed E-state index contributed by atoms with van der Waals surface area (Å²) in [7, 11) is 0. The van der Waals surface area contributed by atoms with Gasteiger partial charge in [0.15, 0.2) is 0 Å². The number of Topliss-reactive ketones (excluding diaryl/α,β-unsaturated/α-hetero) is 2. The molecule has 4 aliphatic rings. The number of rotatable bonds is 0. The zero-order valence-corrected chi connectivity index (χ0v) is 15.3. The van der Waals surface area contributed by atoms with Gasteiger partial charge in [0.25, 0.3) is 0 Å². The molecule has 2 nitrogen and oxygen atoms in total. The minimum atomic E-state index is 0.0735. The van der Waals surface area contributed by atoms with Gasteiger partial charge < -0.3 is 0 Å². The Labute approximate surface area is 141 Å². The van der Waals surface area contributed by atoms with Gasteiger partial charge in [0.1, 0.15) is 11.6 Å². The molecule has 5 unspecified atom stereocenters. The first-order chi connectivity index (χ1) is 10.4. The van der Waals surface area contributed by atoms with Crippen LogP contribution in [0.25, 0.3) is 0 Å². The molecule has 22 heavy (non-hydrogen) atoms. The van der Waals surface area contributed by atoms with Gasteiger partial charge in [-0.05, 0) is 66.6 Å². The molecular weight excluding hydrogens is 340 g/mol. The molecule has 0 aromatic carbocycles. The van der Waals surface area contributed by atoms with E-state index >= 15 is 0 Å². The molecule has 0 radical (unpaired) electrons. The molecule has 4 aliphatic carbocycles. The maximum absolute atomic E-state index is 12.3. The van der Waals surface area contributed by atoms with Crippen molar-refractivity contribution in [2.45, 2.75) is 70.0 Å². The number of ketones is 2. The Bertz CT molecular complexity index is 530. The van der Waals surface area contributed by atoms with Crippen LogP contribution in [0.4, 0.5) is 0 Å². The molecule has 0 bridgehead atoms. The van der Waals surface area contributed by atoms with Crippen LogP contribution in [-0.2, 0) is 9.59 Å². The number of carbonyl (C=O) groups is 2. The zero-order valence-electron chi connectivity index (χ0n) is 13.7. The third-order valence-corrected chi connectivity index (χ3v) is 9.76. The Kier molecular flexibility index (Phi) is 3.43. The van der Waals surface area contributed by atoms with E-state index in [1.54, 1.807) is 0 Å². The molecule has 4 saturated carbocycles. The van der Waals surface area contributed by atoms with Gasteiger partial charge in [-0.3, -0.25) is 9.59 Å². The third-order valence-electron chi connectivity index (χ3n) is 8.20. The summed E-state index contributed by atoms with van der Waals surface area (Å²) < 4.78 is 0. The first kappa shape index (κ1) is 15.4. The zero-order chi connectivity index (χ0) is 15.7. The van der Waals surface area contributed by atoms with Gasteiger partial charge in [0.05, 0.1) is 4.83 Å². The second-order valence-electron chi connectivity index (χ2n) is 8.98. The van der Waals surface area contributed by atoms with Crippen molar-refractivity contribution in [3.05, 3.63) is 0 Å². The fourth-order valence-corrected chi connectivity index (χ4v) is 7.54. The van der Waals surface area contributed by atoms with Gasteiger partial charge in [-0.2, -0.15) is 0 Å². The van der Waals surface area contributed by atoms with Gasteiger partial charge in [0, 0.05) is 19.3 Å².